The standard InChI is InChI=1S/C15H30O2/c1-4-7-9-10-13-15(16)17-14(11-6-3)12-8-5-2/h14H,4-13H2,1-3H3. The first-order chi connectivity index (χ1) is 8.24. The van der Waals surface area contributed by atoms with Crippen molar-refractivity contribution in [2.24, 2.45) is 0 Å². The van der Waals surface area contributed by atoms with Crippen LogP contribution in [0.2, 0.25) is 0 Å². The smallest absolute Gasteiger partial charge is 0.306 e. The van der Waals surface area contributed by atoms with Gasteiger partial charge in [0.2, 0.25) is 0 Å². The Labute approximate surface area is 107 Å². The molecule has 0 fully saturated rings. The van der Waals surface area contributed by atoms with Crippen molar-refractivity contribution in [2.45, 2.75) is 91.1 Å². The first kappa shape index (κ1) is 16.5. The lowest BCUT2D eigenvalue weighted by molar-refractivity contribution is -0.150. The molecule has 0 saturated carbocycles. The highest BCUT2D eigenvalue weighted by atomic mass is 16.5. The number of hydrogen-bond acceptors (Lipinski definition) is 2. The number of carbonyl (C=O) groups excluding carboxylic acids is 1. The molecule has 0 aliphatic rings. The van der Waals surface area contributed by atoms with Crippen LogP contribution in [-0.4, -0.2) is 12.1 Å². The SMILES string of the molecule is CCCCCCC(=O)OC(CCC)CCCC. The van der Waals surface area contributed by atoms with Crippen LogP contribution >= 0.6 is 0 Å². The summed E-state index contributed by atoms with van der Waals surface area (Å²) in [4.78, 5) is 11.6. The van der Waals surface area contributed by atoms with E-state index in [-0.39, 0.29) is 12.1 Å². The summed E-state index contributed by atoms with van der Waals surface area (Å²) in [6.07, 6.45) is 10.8. The minimum absolute atomic E-state index is 0.00987. The molecule has 1 unspecified atom stereocenters. The van der Waals surface area contributed by atoms with Crippen molar-refractivity contribution in [3.8, 4) is 0 Å². The summed E-state index contributed by atoms with van der Waals surface area (Å²) in [7, 11) is 0. The molecule has 17 heavy (non-hydrogen) atoms. The third-order valence-electron chi connectivity index (χ3n) is 3.02. The van der Waals surface area contributed by atoms with E-state index in [4.69, 9.17) is 4.74 Å². The maximum absolute atomic E-state index is 11.6. The number of rotatable bonds is 11. The van der Waals surface area contributed by atoms with Gasteiger partial charge in [0.15, 0.2) is 0 Å². The molecule has 102 valence electrons. The van der Waals surface area contributed by atoms with E-state index in [1.54, 1.807) is 0 Å². The second-order valence-electron chi connectivity index (χ2n) is 4.85. The molecule has 0 aromatic heterocycles. The van der Waals surface area contributed by atoms with E-state index in [0.717, 1.165) is 38.5 Å². The first-order valence-electron chi connectivity index (χ1n) is 7.44. The predicted octanol–water partition coefficient (Wildman–Crippen LogP) is 4.86. The second kappa shape index (κ2) is 11.9. The molecule has 0 aliphatic heterocycles. The van der Waals surface area contributed by atoms with E-state index in [1.807, 2.05) is 0 Å². The molecule has 2 nitrogen and oxygen atoms in total. The summed E-state index contributed by atoms with van der Waals surface area (Å²) in [5.74, 6) is 0.00987. The quantitative estimate of drug-likeness (QED) is 0.382. The van der Waals surface area contributed by atoms with E-state index in [9.17, 15) is 4.79 Å². The van der Waals surface area contributed by atoms with Crippen molar-refractivity contribution < 1.29 is 9.53 Å². The molecule has 0 bridgehead atoms. The van der Waals surface area contributed by atoms with Gasteiger partial charge in [-0.15, -0.1) is 0 Å². The summed E-state index contributed by atoms with van der Waals surface area (Å²) in [5.41, 5.74) is 0. The van der Waals surface area contributed by atoms with Crippen LogP contribution in [0.25, 0.3) is 0 Å². The van der Waals surface area contributed by atoms with Crippen LogP contribution in [0.3, 0.4) is 0 Å². The topological polar surface area (TPSA) is 26.3 Å². The maximum Gasteiger partial charge on any atom is 0.306 e. The van der Waals surface area contributed by atoms with Gasteiger partial charge in [-0.2, -0.15) is 0 Å². The average Bonchev–Trinajstić information content (AvgIpc) is 2.32. The predicted molar refractivity (Wildman–Crippen MR) is 73.1 cm³/mol. The van der Waals surface area contributed by atoms with Crippen LogP contribution < -0.4 is 0 Å². The van der Waals surface area contributed by atoms with Crippen molar-refractivity contribution in [2.75, 3.05) is 0 Å². The molecule has 2 heteroatoms. The normalized spacial score (nSPS) is 12.4. The number of carbonyl (C=O) groups is 1. The maximum atomic E-state index is 11.6. The number of unbranched alkanes of at least 4 members (excludes halogenated alkanes) is 4. The Hall–Kier alpha value is -0.530. The summed E-state index contributed by atoms with van der Waals surface area (Å²) < 4.78 is 5.53. The van der Waals surface area contributed by atoms with Crippen LogP contribution in [0.4, 0.5) is 0 Å². The first-order valence-corrected chi connectivity index (χ1v) is 7.44. The van der Waals surface area contributed by atoms with Gasteiger partial charge in [-0.05, 0) is 19.3 Å². The molecule has 0 N–H and O–H groups in total. The van der Waals surface area contributed by atoms with Gasteiger partial charge in [0, 0.05) is 6.42 Å². The Morgan fingerprint density at radius 3 is 2.18 bits per heavy atom. The summed E-state index contributed by atoms with van der Waals surface area (Å²) in [6, 6.07) is 0. The Morgan fingerprint density at radius 1 is 0.882 bits per heavy atom. The van der Waals surface area contributed by atoms with E-state index in [0.29, 0.717) is 6.42 Å². The van der Waals surface area contributed by atoms with E-state index in [1.165, 1.54) is 19.3 Å². The Balaban J connectivity index is 3.70. The van der Waals surface area contributed by atoms with E-state index < -0.39 is 0 Å². The third-order valence-corrected chi connectivity index (χ3v) is 3.02. The Bertz CT molecular complexity index is 178. The fourth-order valence-electron chi connectivity index (χ4n) is 1.96. The van der Waals surface area contributed by atoms with Gasteiger partial charge in [0.25, 0.3) is 0 Å². The zero-order chi connectivity index (χ0) is 12.9. The minimum atomic E-state index is 0.00987. The lowest BCUT2D eigenvalue weighted by Crippen LogP contribution is -2.18. The largest absolute Gasteiger partial charge is 0.462 e. The zero-order valence-electron chi connectivity index (χ0n) is 12.0. The Kier molecular flexibility index (Phi) is 11.6. The fraction of sp³-hybridized carbons (Fsp3) is 0.933. The van der Waals surface area contributed by atoms with Gasteiger partial charge >= 0.3 is 5.97 Å². The van der Waals surface area contributed by atoms with E-state index in [2.05, 4.69) is 20.8 Å². The molecule has 0 aromatic rings. The summed E-state index contributed by atoms with van der Waals surface area (Å²) >= 11 is 0. The molecule has 0 saturated heterocycles. The fourth-order valence-corrected chi connectivity index (χ4v) is 1.96. The van der Waals surface area contributed by atoms with Crippen LogP contribution in [0.1, 0.15) is 85.0 Å². The van der Waals surface area contributed by atoms with E-state index >= 15 is 0 Å². The van der Waals surface area contributed by atoms with Crippen LogP contribution in [0.5, 0.6) is 0 Å². The lowest BCUT2D eigenvalue weighted by Gasteiger charge is -2.16. The molecule has 0 aromatic carbocycles. The monoisotopic (exact) mass is 242 g/mol. The van der Waals surface area contributed by atoms with Gasteiger partial charge in [-0.3, -0.25) is 4.79 Å². The van der Waals surface area contributed by atoms with Crippen molar-refractivity contribution >= 4 is 5.97 Å². The molecule has 0 heterocycles. The van der Waals surface area contributed by atoms with Crippen LogP contribution in [0.15, 0.2) is 0 Å². The van der Waals surface area contributed by atoms with Gasteiger partial charge in [-0.1, -0.05) is 59.3 Å². The van der Waals surface area contributed by atoms with Gasteiger partial charge in [0.05, 0.1) is 0 Å². The average molecular weight is 242 g/mol. The molecule has 1 atom stereocenters. The zero-order valence-corrected chi connectivity index (χ0v) is 12.0. The van der Waals surface area contributed by atoms with Crippen molar-refractivity contribution in [3.63, 3.8) is 0 Å². The second-order valence-corrected chi connectivity index (χ2v) is 4.85. The van der Waals surface area contributed by atoms with Crippen LogP contribution in [0, 0.1) is 0 Å². The summed E-state index contributed by atoms with van der Waals surface area (Å²) in [6.45, 7) is 6.50. The highest BCUT2D eigenvalue weighted by Gasteiger charge is 2.12. The van der Waals surface area contributed by atoms with Gasteiger partial charge in [-0.25, -0.2) is 0 Å². The van der Waals surface area contributed by atoms with Crippen LogP contribution in [-0.2, 0) is 9.53 Å². The van der Waals surface area contributed by atoms with Gasteiger partial charge < -0.3 is 4.74 Å². The molecule has 0 aliphatic carbocycles. The molecule has 0 amide bonds. The highest BCUT2D eigenvalue weighted by molar-refractivity contribution is 5.69. The molecular formula is C15H30O2. The molecule has 0 spiro atoms. The number of esters is 1. The van der Waals surface area contributed by atoms with Crippen molar-refractivity contribution in [1.82, 2.24) is 0 Å². The molecular weight excluding hydrogens is 212 g/mol. The summed E-state index contributed by atoms with van der Waals surface area (Å²) in [5, 5.41) is 0. The highest BCUT2D eigenvalue weighted by Crippen LogP contribution is 2.13. The van der Waals surface area contributed by atoms with Crippen molar-refractivity contribution in [3.05, 3.63) is 0 Å². The van der Waals surface area contributed by atoms with Crippen molar-refractivity contribution in [1.29, 1.82) is 0 Å². The third kappa shape index (κ3) is 10.3. The van der Waals surface area contributed by atoms with Gasteiger partial charge in [0.1, 0.15) is 6.10 Å². The lowest BCUT2D eigenvalue weighted by atomic mass is 10.1. The number of hydrogen-bond donors (Lipinski definition) is 0. The molecule has 0 rings (SSSR count). The molecule has 0 radical (unpaired) electrons. The minimum Gasteiger partial charge on any atom is -0.462 e. The number of ether oxygens (including phenoxy) is 1. The Morgan fingerprint density at radius 2 is 1.59 bits per heavy atom.